The lowest BCUT2D eigenvalue weighted by Crippen LogP contribution is -2.42. The smallest absolute Gasteiger partial charge is 0.191 e. The predicted molar refractivity (Wildman–Crippen MR) is 89.7 cm³/mol. The molecule has 0 bridgehead atoms. The Morgan fingerprint density at radius 1 is 1.19 bits per heavy atom. The maximum atomic E-state index is 4.53. The van der Waals surface area contributed by atoms with Gasteiger partial charge in [0.2, 0.25) is 0 Å². The van der Waals surface area contributed by atoms with Gasteiger partial charge in [-0.1, -0.05) is 31.2 Å². The predicted octanol–water partition coefficient (Wildman–Crippen LogP) is 2.01. The van der Waals surface area contributed by atoms with Gasteiger partial charge in [-0.15, -0.1) is 0 Å². The van der Waals surface area contributed by atoms with E-state index in [1.807, 2.05) is 0 Å². The van der Waals surface area contributed by atoms with Crippen molar-refractivity contribution in [3.8, 4) is 0 Å². The second-order valence-electron chi connectivity index (χ2n) is 5.48. The molecular weight excluding hydrogens is 260 g/mol. The molecule has 2 N–H and O–H groups in total. The minimum atomic E-state index is 0.881. The van der Waals surface area contributed by atoms with Crippen LogP contribution in [0.25, 0.3) is 0 Å². The number of nitrogens with one attached hydrogen (secondary N) is 2. The number of aliphatic imine (C=N–C) groups is 1. The minimum Gasteiger partial charge on any atom is -0.357 e. The summed E-state index contributed by atoms with van der Waals surface area (Å²) >= 11 is 0. The summed E-state index contributed by atoms with van der Waals surface area (Å²) < 4.78 is 0. The topological polar surface area (TPSA) is 39.7 Å². The Kier molecular flexibility index (Phi) is 6.54. The largest absolute Gasteiger partial charge is 0.357 e. The highest BCUT2D eigenvalue weighted by Gasteiger charge is 2.14. The van der Waals surface area contributed by atoms with Crippen LogP contribution in [0.4, 0.5) is 0 Å². The van der Waals surface area contributed by atoms with E-state index in [0.29, 0.717) is 0 Å². The van der Waals surface area contributed by atoms with Gasteiger partial charge in [0.25, 0.3) is 0 Å². The summed E-state index contributed by atoms with van der Waals surface area (Å²) in [7, 11) is 0. The molecule has 0 aromatic heterocycles. The van der Waals surface area contributed by atoms with Gasteiger partial charge >= 0.3 is 0 Å². The van der Waals surface area contributed by atoms with Crippen LogP contribution < -0.4 is 10.6 Å². The van der Waals surface area contributed by atoms with Crippen LogP contribution >= 0.6 is 0 Å². The number of benzene rings is 1. The lowest BCUT2D eigenvalue weighted by atomic mass is 10.00. The van der Waals surface area contributed by atoms with Crippen molar-refractivity contribution in [1.29, 1.82) is 0 Å². The van der Waals surface area contributed by atoms with E-state index in [1.54, 1.807) is 0 Å². The molecule has 0 aliphatic carbocycles. The van der Waals surface area contributed by atoms with Crippen LogP contribution in [0, 0.1) is 0 Å². The van der Waals surface area contributed by atoms with Crippen molar-refractivity contribution in [2.75, 3.05) is 32.7 Å². The Morgan fingerprint density at radius 2 is 2.00 bits per heavy atom. The van der Waals surface area contributed by atoms with E-state index in [9.17, 15) is 0 Å². The molecular formula is C17H28N4. The van der Waals surface area contributed by atoms with Gasteiger partial charge in [0.05, 0.1) is 0 Å². The van der Waals surface area contributed by atoms with Crippen LogP contribution in [0.1, 0.15) is 31.4 Å². The summed E-state index contributed by atoms with van der Waals surface area (Å²) in [6.45, 7) is 10.3. The van der Waals surface area contributed by atoms with E-state index >= 15 is 0 Å². The van der Waals surface area contributed by atoms with Gasteiger partial charge in [-0.25, -0.2) is 0 Å². The molecule has 0 radical (unpaired) electrons. The van der Waals surface area contributed by atoms with Crippen LogP contribution in [0.2, 0.25) is 0 Å². The summed E-state index contributed by atoms with van der Waals surface area (Å²) in [6.07, 6.45) is 2.25. The molecule has 0 unspecified atom stereocenters. The Bertz CT molecular complexity index is 456. The van der Waals surface area contributed by atoms with Crippen molar-refractivity contribution in [2.45, 2.75) is 33.2 Å². The van der Waals surface area contributed by atoms with Crippen LogP contribution in [-0.2, 0) is 13.0 Å². The molecule has 0 saturated carbocycles. The molecule has 0 atom stereocenters. The van der Waals surface area contributed by atoms with Crippen LogP contribution in [0.5, 0.6) is 0 Å². The van der Waals surface area contributed by atoms with Gasteiger partial charge < -0.3 is 10.6 Å². The van der Waals surface area contributed by atoms with Gasteiger partial charge in [0, 0.05) is 39.3 Å². The zero-order valence-electron chi connectivity index (χ0n) is 13.4. The monoisotopic (exact) mass is 288 g/mol. The lowest BCUT2D eigenvalue weighted by molar-refractivity contribution is 0.258. The Morgan fingerprint density at radius 3 is 2.76 bits per heavy atom. The average Bonchev–Trinajstić information content (AvgIpc) is 2.52. The fourth-order valence-electron chi connectivity index (χ4n) is 2.64. The van der Waals surface area contributed by atoms with Crippen molar-refractivity contribution >= 4 is 5.96 Å². The van der Waals surface area contributed by atoms with Gasteiger partial charge in [-0.2, -0.15) is 0 Å². The average molecular weight is 288 g/mol. The first-order valence-electron chi connectivity index (χ1n) is 8.14. The second kappa shape index (κ2) is 8.67. The first kappa shape index (κ1) is 15.8. The lowest BCUT2D eigenvalue weighted by Gasteiger charge is -2.28. The summed E-state index contributed by atoms with van der Waals surface area (Å²) in [6, 6.07) is 8.79. The number of rotatable bonds is 6. The molecule has 1 aromatic rings. The third-order valence-corrected chi connectivity index (χ3v) is 3.77. The maximum absolute atomic E-state index is 4.53. The Balaban J connectivity index is 1.76. The molecule has 0 fully saturated rings. The highest BCUT2D eigenvalue weighted by atomic mass is 15.2. The van der Waals surface area contributed by atoms with Crippen molar-refractivity contribution in [2.24, 2.45) is 4.99 Å². The highest BCUT2D eigenvalue weighted by molar-refractivity contribution is 5.79. The van der Waals surface area contributed by atoms with E-state index in [-0.39, 0.29) is 0 Å². The Labute approximate surface area is 128 Å². The number of nitrogens with zero attached hydrogens (tertiary/aromatic N) is 2. The standard InChI is InChI=1S/C17H28N4/c1-3-10-19-17(18-4-2)20-11-13-21-12-9-15-7-5-6-8-16(15)14-21/h5-8H,3-4,9-14H2,1-2H3,(H2,18,19,20). The summed E-state index contributed by atoms with van der Waals surface area (Å²) in [5.74, 6) is 0.941. The van der Waals surface area contributed by atoms with E-state index in [4.69, 9.17) is 0 Å². The highest BCUT2D eigenvalue weighted by Crippen LogP contribution is 2.17. The molecule has 0 spiro atoms. The zero-order chi connectivity index (χ0) is 14.9. The summed E-state index contributed by atoms with van der Waals surface area (Å²) in [5.41, 5.74) is 3.00. The Hall–Kier alpha value is -1.55. The molecule has 116 valence electrons. The molecule has 0 amide bonds. The zero-order valence-corrected chi connectivity index (χ0v) is 13.4. The molecule has 4 heteroatoms. The quantitative estimate of drug-likeness (QED) is 0.621. The molecule has 1 aromatic carbocycles. The van der Waals surface area contributed by atoms with Gasteiger partial charge in [-0.3, -0.25) is 9.89 Å². The minimum absolute atomic E-state index is 0.881. The number of fused-ring (bicyclic) bond motifs is 1. The van der Waals surface area contributed by atoms with E-state index in [0.717, 1.165) is 51.6 Å². The van der Waals surface area contributed by atoms with E-state index < -0.39 is 0 Å². The summed E-state index contributed by atoms with van der Waals surface area (Å²) in [4.78, 5) is 7.04. The molecule has 2 rings (SSSR count). The van der Waals surface area contributed by atoms with Gasteiger partial charge in [-0.05, 0) is 30.9 Å². The van der Waals surface area contributed by atoms with E-state index in [1.165, 1.54) is 17.5 Å². The number of hydrogen-bond donors (Lipinski definition) is 2. The van der Waals surface area contributed by atoms with Crippen molar-refractivity contribution < 1.29 is 0 Å². The first-order valence-corrected chi connectivity index (χ1v) is 8.14. The SMILES string of the molecule is CCCN=C(NCC)NCCN1CCc2ccccc2C1. The fourth-order valence-corrected chi connectivity index (χ4v) is 2.64. The number of guanidine groups is 1. The van der Waals surface area contributed by atoms with Crippen molar-refractivity contribution in [3.63, 3.8) is 0 Å². The normalized spacial score (nSPS) is 15.6. The molecule has 0 saturated heterocycles. The third-order valence-electron chi connectivity index (χ3n) is 3.77. The van der Waals surface area contributed by atoms with Crippen LogP contribution in [-0.4, -0.2) is 43.6 Å². The van der Waals surface area contributed by atoms with Crippen molar-refractivity contribution in [3.05, 3.63) is 35.4 Å². The fraction of sp³-hybridized carbons (Fsp3) is 0.588. The summed E-state index contributed by atoms with van der Waals surface area (Å²) in [5, 5.41) is 6.72. The second-order valence-corrected chi connectivity index (χ2v) is 5.48. The molecule has 21 heavy (non-hydrogen) atoms. The van der Waals surface area contributed by atoms with Crippen molar-refractivity contribution in [1.82, 2.24) is 15.5 Å². The van der Waals surface area contributed by atoms with Gasteiger partial charge in [0.1, 0.15) is 0 Å². The first-order chi connectivity index (χ1) is 10.3. The van der Waals surface area contributed by atoms with Crippen LogP contribution in [0.3, 0.4) is 0 Å². The van der Waals surface area contributed by atoms with Crippen LogP contribution in [0.15, 0.2) is 29.3 Å². The molecule has 1 aliphatic rings. The number of hydrogen-bond acceptors (Lipinski definition) is 2. The molecule has 1 heterocycles. The molecule has 1 aliphatic heterocycles. The third kappa shape index (κ3) is 5.05. The molecule has 4 nitrogen and oxygen atoms in total. The van der Waals surface area contributed by atoms with Gasteiger partial charge in [0.15, 0.2) is 5.96 Å². The maximum Gasteiger partial charge on any atom is 0.191 e. The van der Waals surface area contributed by atoms with E-state index in [2.05, 4.69) is 58.6 Å².